The molecule has 4 nitrogen and oxygen atoms in total. The highest BCUT2D eigenvalue weighted by atomic mass is 19.1. The topological polar surface area (TPSA) is 51.2 Å². The van der Waals surface area contributed by atoms with Gasteiger partial charge >= 0.3 is 0 Å². The molecule has 0 bridgehead atoms. The lowest BCUT2D eigenvalue weighted by Crippen LogP contribution is -2.30. The van der Waals surface area contributed by atoms with E-state index in [1.807, 2.05) is 0 Å². The largest absolute Gasteiger partial charge is 0.480 e. The number of carbonyl (C=O) groups is 1. The zero-order valence-corrected chi connectivity index (χ0v) is 14.7. The van der Waals surface area contributed by atoms with E-state index >= 15 is 0 Å². The summed E-state index contributed by atoms with van der Waals surface area (Å²) in [4.78, 5) is 16.8. The predicted molar refractivity (Wildman–Crippen MR) is 97.5 cm³/mol. The molecule has 1 aromatic heterocycles. The number of pyridine rings is 1. The van der Waals surface area contributed by atoms with Gasteiger partial charge in [0.25, 0.3) is 5.91 Å². The molecule has 27 heavy (non-hydrogen) atoms. The molecule has 1 atom stereocenters. The van der Waals surface area contributed by atoms with Crippen LogP contribution in [0.5, 0.6) is 5.88 Å². The van der Waals surface area contributed by atoms with Gasteiger partial charge in [0.15, 0.2) is 0 Å². The van der Waals surface area contributed by atoms with Crippen molar-refractivity contribution in [3.05, 3.63) is 95.2 Å². The fourth-order valence-corrected chi connectivity index (χ4v) is 2.84. The predicted octanol–water partition coefficient (Wildman–Crippen LogP) is 4.08. The fourth-order valence-electron chi connectivity index (χ4n) is 2.84. The second-order valence-corrected chi connectivity index (χ2v) is 5.98. The van der Waals surface area contributed by atoms with Gasteiger partial charge in [-0.15, -0.1) is 0 Å². The smallest absolute Gasteiger partial charge is 0.257 e. The monoisotopic (exact) mass is 368 g/mol. The van der Waals surface area contributed by atoms with E-state index in [4.69, 9.17) is 4.74 Å². The van der Waals surface area contributed by atoms with Crippen molar-refractivity contribution >= 4 is 5.91 Å². The number of amides is 1. The number of nitrogens with one attached hydrogen (secondary N) is 1. The summed E-state index contributed by atoms with van der Waals surface area (Å²) in [7, 11) is 1.43. The van der Waals surface area contributed by atoms with Crippen LogP contribution in [0.4, 0.5) is 8.78 Å². The SMILES string of the molecule is COc1ncccc1C(=O)NC(Cc1cccc(F)c1)c1cccc(F)c1. The summed E-state index contributed by atoms with van der Waals surface area (Å²) >= 11 is 0. The first-order valence-corrected chi connectivity index (χ1v) is 8.36. The highest BCUT2D eigenvalue weighted by Crippen LogP contribution is 2.22. The zero-order chi connectivity index (χ0) is 19.2. The minimum Gasteiger partial charge on any atom is -0.480 e. The Morgan fingerprint density at radius 2 is 1.81 bits per heavy atom. The molecule has 0 aliphatic heterocycles. The summed E-state index contributed by atoms with van der Waals surface area (Å²) in [5.74, 6) is -1.000. The summed E-state index contributed by atoms with van der Waals surface area (Å²) in [6.45, 7) is 0. The number of ether oxygens (including phenoxy) is 1. The molecule has 3 aromatic rings. The normalized spacial score (nSPS) is 11.7. The molecular formula is C21H18F2N2O2. The van der Waals surface area contributed by atoms with Gasteiger partial charge in [0, 0.05) is 6.20 Å². The summed E-state index contributed by atoms with van der Waals surface area (Å²) in [6.07, 6.45) is 1.82. The van der Waals surface area contributed by atoms with Gasteiger partial charge in [-0.1, -0.05) is 24.3 Å². The van der Waals surface area contributed by atoms with Gasteiger partial charge in [-0.25, -0.2) is 13.8 Å². The molecule has 0 aliphatic carbocycles. The second kappa shape index (κ2) is 8.40. The minimum absolute atomic E-state index is 0.193. The van der Waals surface area contributed by atoms with Crippen LogP contribution in [-0.4, -0.2) is 18.0 Å². The molecule has 1 unspecified atom stereocenters. The van der Waals surface area contributed by atoms with Crippen LogP contribution >= 0.6 is 0 Å². The Hall–Kier alpha value is -3.28. The van der Waals surface area contributed by atoms with Crippen molar-refractivity contribution in [1.29, 1.82) is 0 Å². The van der Waals surface area contributed by atoms with Crippen molar-refractivity contribution in [2.45, 2.75) is 12.5 Å². The molecule has 3 rings (SSSR count). The molecule has 0 saturated carbocycles. The maximum atomic E-state index is 13.7. The average Bonchev–Trinajstić information content (AvgIpc) is 2.67. The fraction of sp³-hybridized carbons (Fsp3) is 0.143. The third-order valence-electron chi connectivity index (χ3n) is 4.09. The van der Waals surface area contributed by atoms with E-state index in [0.717, 1.165) is 0 Å². The van der Waals surface area contributed by atoms with Crippen molar-refractivity contribution in [1.82, 2.24) is 10.3 Å². The van der Waals surface area contributed by atoms with Crippen LogP contribution in [0.25, 0.3) is 0 Å². The number of hydrogen-bond acceptors (Lipinski definition) is 3. The highest BCUT2D eigenvalue weighted by Gasteiger charge is 2.20. The van der Waals surface area contributed by atoms with E-state index in [1.165, 1.54) is 37.6 Å². The Morgan fingerprint density at radius 1 is 1.07 bits per heavy atom. The average molecular weight is 368 g/mol. The van der Waals surface area contributed by atoms with Crippen molar-refractivity contribution < 1.29 is 18.3 Å². The van der Waals surface area contributed by atoms with Crippen LogP contribution in [0.15, 0.2) is 66.9 Å². The zero-order valence-electron chi connectivity index (χ0n) is 14.7. The molecule has 0 aliphatic rings. The summed E-state index contributed by atoms with van der Waals surface area (Å²) in [6, 6.07) is 14.7. The number of methoxy groups -OCH3 is 1. The van der Waals surface area contributed by atoms with E-state index < -0.39 is 17.8 Å². The molecule has 0 saturated heterocycles. The second-order valence-electron chi connectivity index (χ2n) is 5.98. The van der Waals surface area contributed by atoms with Gasteiger partial charge in [-0.2, -0.15) is 0 Å². The van der Waals surface area contributed by atoms with E-state index in [1.54, 1.807) is 36.4 Å². The Labute approximate surface area is 155 Å². The van der Waals surface area contributed by atoms with Gasteiger partial charge in [0.2, 0.25) is 5.88 Å². The summed E-state index contributed by atoms with van der Waals surface area (Å²) in [5, 5.41) is 2.87. The van der Waals surface area contributed by atoms with Crippen LogP contribution < -0.4 is 10.1 Å². The Kier molecular flexibility index (Phi) is 5.76. The Balaban J connectivity index is 1.90. The first-order chi connectivity index (χ1) is 13.1. The highest BCUT2D eigenvalue weighted by molar-refractivity contribution is 5.96. The number of benzene rings is 2. The van der Waals surface area contributed by atoms with E-state index in [-0.39, 0.29) is 17.3 Å². The molecule has 0 fully saturated rings. The van der Waals surface area contributed by atoms with Gasteiger partial charge in [-0.3, -0.25) is 4.79 Å². The molecule has 1 N–H and O–H groups in total. The number of halogens is 2. The molecule has 6 heteroatoms. The maximum Gasteiger partial charge on any atom is 0.257 e. The lowest BCUT2D eigenvalue weighted by atomic mass is 9.98. The van der Waals surface area contributed by atoms with Crippen molar-refractivity contribution in [3.63, 3.8) is 0 Å². The van der Waals surface area contributed by atoms with Crippen molar-refractivity contribution in [2.24, 2.45) is 0 Å². The Morgan fingerprint density at radius 3 is 2.52 bits per heavy atom. The molecule has 138 valence electrons. The molecule has 0 spiro atoms. The van der Waals surface area contributed by atoms with Crippen LogP contribution in [0.1, 0.15) is 27.5 Å². The quantitative estimate of drug-likeness (QED) is 0.713. The number of rotatable bonds is 6. The molecular weight excluding hydrogens is 350 g/mol. The van der Waals surface area contributed by atoms with Crippen molar-refractivity contribution in [3.8, 4) is 5.88 Å². The summed E-state index contributed by atoms with van der Waals surface area (Å²) in [5.41, 5.74) is 1.53. The van der Waals surface area contributed by atoms with Gasteiger partial charge in [0.1, 0.15) is 17.2 Å². The molecule has 2 aromatic carbocycles. The number of hydrogen-bond donors (Lipinski definition) is 1. The Bertz CT molecular complexity index is 947. The third kappa shape index (κ3) is 4.67. The van der Waals surface area contributed by atoms with Crippen LogP contribution in [0.2, 0.25) is 0 Å². The van der Waals surface area contributed by atoms with E-state index in [2.05, 4.69) is 10.3 Å². The first-order valence-electron chi connectivity index (χ1n) is 8.36. The van der Waals surface area contributed by atoms with E-state index in [9.17, 15) is 13.6 Å². The van der Waals surface area contributed by atoms with Gasteiger partial charge in [0.05, 0.1) is 13.2 Å². The molecule has 0 radical (unpaired) electrons. The van der Waals surface area contributed by atoms with Crippen LogP contribution in [-0.2, 0) is 6.42 Å². The van der Waals surface area contributed by atoms with Gasteiger partial charge < -0.3 is 10.1 Å². The number of carbonyl (C=O) groups excluding carboxylic acids is 1. The number of aromatic nitrogens is 1. The van der Waals surface area contributed by atoms with Crippen molar-refractivity contribution in [2.75, 3.05) is 7.11 Å². The standard InChI is InChI=1S/C21H18F2N2O2/c1-27-21-18(9-4-10-24-21)20(26)25-19(15-6-3-8-17(23)13-15)12-14-5-2-7-16(22)11-14/h2-11,13,19H,12H2,1H3,(H,25,26). The minimum atomic E-state index is -0.556. The lowest BCUT2D eigenvalue weighted by molar-refractivity contribution is 0.0932. The third-order valence-corrected chi connectivity index (χ3v) is 4.09. The first kappa shape index (κ1) is 18.5. The van der Waals surface area contributed by atoms with Gasteiger partial charge in [-0.05, 0) is 53.9 Å². The summed E-state index contributed by atoms with van der Waals surface area (Å²) < 4.78 is 32.4. The van der Waals surface area contributed by atoms with Crippen LogP contribution in [0.3, 0.4) is 0 Å². The van der Waals surface area contributed by atoms with E-state index in [0.29, 0.717) is 17.5 Å². The van der Waals surface area contributed by atoms with Crippen LogP contribution in [0, 0.1) is 11.6 Å². The number of nitrogens with zero attached hydrogens (tertiary/aromatic N) is 1. The molecule has 1 amide bonds. The lowest BCUT2D eigenvalue weighted by Gasteiger charge is -2.20. The molecule has 1 heterocycles. The maximum absolute atomic E-state index is 13.7.